The quantitative estimate of drug-likeness (QED) is 0.939. The second kappa shape index (κ2) is 5.63. The van der Waals surface area contributed by atoms with E-state index in [1.807, 2.05) is 37.4 Å². The van der Waals surface area contributed by atoms with Gasteiger partial charge >= 0.3 is 0 Å². The number of hydrogen-bond acceptors (Lipinski definition) is 3. The summed E-state index contributed by atoms with van der Waals surface area (Å²) in [6, 6.07) is 5.72. The molecule has 5 heteroatoms. The molecule has 1 aromatic carbocycles. The van der Waals surface area contributed by atoms with E-state index in [0.29, 0.717) is 12.1 Å². The van der Waals surface area contributed by atoms with Crippen LogP contribution in [0.15, 0.2) is 28.1 Å². The van der Waals surface area contributed by atoms with Crippen LogP contribution in [-0.2, 0) is 6.54 Å². The highest BCUT2D eigenvalue weighted by molar-refractivity contribution is 9.10. The molecule has 2 rings (SSSR count). The normalized spacial score (nSPS) is 10.4. The van der Waals surface area contributed by atoms with Gasteiger partial charge < -0.3 is 5.32 Å². The number of nitrogens with one attached hydrogen (secondary N) is 1. The number of carbonyl (C=O) groups excluding carboxylic acids is 1. The number of hydrogen-bond donors (Lipinski definition) is 1. The molecule has 0 fully saturated rings. The summed E-state index contributed by atoms with van der Waals surface area (Å²) in [6.07, 6.45) is 0. The van der Waals surface area contributed by atoms with E-state index in [9.17, 15) is 4.79 Å². The number of halogens is 1. The number of benzene rings is 1. The van der Waals surface area contributed by atoms with Gasteiger partial charge in [-0.2, -0.15) is 0 Å². The molecule has 2 aromatic rings. The standard InChI is InChI=1S/C13H13BrN2OS/c1-8-3-4-12(14)11(5-8)13(17)15-6-10-7-18-9(2)16-10/h3-5,7H,6H2,1-2H3,(H,15,17). The van der Waals surface area contributed by atoms with Crippen molar-refractivity contribution in [1.82, 2.24) is 10.3 Å². The number of nitrogens with zero attached hydrogens (tertiary/aromatic N) is 1. The Bertz CT molecular complexity index is 580. The molecule has 1 amide bonds. The van der Waals surface area contributed by atoms with Crippen molar-refractivity contribution in [2.24, 2.45) is 0 Å². The summed E-state index contributed by atoms with van der Waals surface area (Å²) < 4.78 is 0.806. The van der Waals surface area contributed by atoms with Gasteiger partial charge in [0, 0.05) is 9.85 Å². The van der Waals surface area contributed by atoms with Crippen molar-refractivity contribution in [1.29, 1.82) is 0 Å². The topological polar surface area (TPSA) is 42.0 Å². The lowest BCUT2D eigenvalue weighted by molar-refractivity contribution is 0.0949. The molecule has 0 aliphatic heterocycles. The number of thiazole rings is 1. The SMILES string of the molecule is Cc1ccc(Br)c(C(=O)NCc2csc(C)n2)c1. The molecule has 1 heterocycles. The van der Waals surface area contributed by atoms with Gasteiger partial charge in [0.2, 0.25) is 0 Å². The van der Waals surface area contributed by atoms with Crippen molar-refractivity contribution >= 4 is 33.2 Å². The average molecular weight is 325 g/mol. The fourth-order valence-corrected chi connectivity index (χ4v) is 2.61. The van der Waals surface area contributed by atoms with Crippen LogP contribution in [0.3, 0.4) is 0 Å². The summed E-state index contributed by atoms with van der Waals surface area (Å²) in [5.41, 5.74) is 2.62. The fraction of sp³-hybridized carbons (Fsp3) is 0.231. The van der Waals surface area contributed by atoms with Gasteiger partial charge in [0.1, 0.15) is 0 Å². The summed E-state index contributed by atoms with van der Waals surface area (Å²) in [4.78, 5) is 16.3. The Morgan fingerprint density at radius 1 is 1.44 bits per heavy atom. The van der Waals surface area contributed by atoms with Crippen LogP contribution in [0.5, 0.6) is 0 Å². The monoisotopic (exact) mass is 324 g/mol. The zero-order chi connectivity index (χ0) is 13.1. The molecule has 0 aliphatic rings. The summed E-state index contributed by atoms with van der Waals surface area (Å²) in [6.45, 7) is 4.38. The van der Waals surface area contributed by atoms with Crippen molar-refractivity contribution in [3.05, 3.63) is 49.9 Å². The highest BCUT2D eigenvalue weighted by Crippen LogP contribution is 2.18. The Morgan fingerprint density at radius 2 is 2.22 bits per heavy atom. The number of amides is 1. The predicted octanol–water partition coefficient (Wildman–Crippen LogP) is 3.45. The maximum absolute atomic E-state index is 12.0. The van der Waals surface area contributed by atoms with Crippen molar-refractivity contribution < 1.29 is 4.79 Å². The molecular formula is C13H13BrN2OS. The second-order valence-corrected chi connectivity index (χ2v) is 5.94. The molecule has 0 aliphatic carbocycles. The van der Waals surface area contributed by atoms with Crippen LogP contribution in [0.25, 0.3) is 0 Å². The summed E-state index contributed by atoms with van der Waals surface area (Å²) in [5, 5.41) is 5.84. The average Bonchev–Trinajstić information content (AvgIpc) is 2.75. The van der Waals surface area contributed by atoms with Gasteiger partial charge in [0.25, 0.3) is 5.91 Å². The van der Waals surface area contributed by atoms with E-state index in [1.165, 1.54) is 0 Å². The third kappa shape index (κ3) is 3.17. The summed E-state index contributed by atoms with van der Waals surface area (Å²) in [7, 11) is 0. The lowest BCUT2D eigenvalue weighted by Crippen LogP contribution is -2.23. The first-order valence-corrected chi connectivity index (χ1v) is 7.19. The second-order valence-electron chi connectivity index (χ2n) is 4.02. The minimum atomic E-state index is -0.0868. The predicted molar refractivity (Wildman–Crippen MR) is 76.9 cm³/mol. The summed E-state index contributed by atoms with van der Waals surface area (Å²) in [5.74, 6) is -0.0868. The van der Waals surface area contributed by atoms with Crippen LogP contribution >= 0.6 is 27.3 Å². The van der Waals surface area contributed by atoms with E-state index in [1.54, 1.807) is 11.3 Å². The first-order valence-electron chi connectivity index (χ1n) is 5.51. The van der Waals surface area contributed by atoms with E-state index < -0.39 is 0 Å². The Balaban J connectivity index is 2.05. The van der Waals surface area contributed by atoms with E-state index >= 15 is 0 Å². The molecule has 0 atom stereocenters. The number of rotatable bonds is 3. The van der Waals surface area contributed by atoms with Gasteiger partial charge in [0.05, 0.1) is 22.8 Å². The van der Waals surface area contributed by atoms with Crippen molar-refractivity contribution in [3.8, 4) is 0 Å². The van der Waals surface area contributed by atoms with Crippen LogP contribution in [0.1, 0.15) is 26.6 Å². The minimum Gasteiger partial charge on any atom is -0.346 e. The van der Waals surface area contributed by atoms with Gasteiger partial charge in [-0.25, -0.2) is 4.98 Å². The van der Waals surface area contributed by atoms with Gasteiger partial charge in [-0.05, 0) is 41.9 Å². The molecule has 0 radical (unpaired) electrons. The molecule has 1 N–H and O–H groups in total. The molecule has 1 aromatic heterocycles. The zero-order valence-corrected chi connectivity index (χ0v) is 12.6. The van der Waals surface area contributed by atoms with Gasteiger partial charge in [0.15, 0.2) is 0 Å². The maximum atomic E-state index is 12.0. The third-order valence-corrected chi connectivity index (χ3v) is 3.98. The first-order chi connectivity index (χ1) is 8.56. The Labute approximate surface area is 118 Å². The Morgan fingerprint density at radius 3 is 2.89 bits per heavy atom. The fourth-order valence-electron chi connectivity index (χ4n) is 1.57. The lowest BCUT2D eigenvalue weighted by Gasteiger charge is -2.06. The highest BCUT2D eigenvalue weighted by Gasteiger charge is 2.10. The van der Waals surface area contributed by atoms with Gasteiger partial charge in [-0.15, -0.1) is 11.3 Å². The highest BCUT2D eigenvalue weighted by atomic mass is 79.9. The molecule has 0 spiro atoms. The summed E-state index contributed by atoms with van der Waals surface area (Å²) >= 11 is 4.97. The zero-order valence-electron chi connectivity index (χ0n) is 10.2. The van der Waals surface area contributed by atoms with E-state index in [0.717, 1.165) is 20.7 Å². The number of aryl methyl sites for hydroxylation is 2. The molecule has 94 valence electrons. The Hall–Kier alpha value is -1.20. The van der Waals surface area contributed by atoms with E-state index in [2.05, 4.69) is 26.2 Å². The smallest absolute Gasteiger partial charge is 0.252 e. The molecule has 0 bridgehead atoms. The largest absolute Gasteiger partial charge is 0.346 e. The lowest BCUT2D eigenvalue weighted by atomic mass is 10.1. The van der Waals surface area contributed by atoms with Crippen LogP contribution in [0.4, 0.5) is 0 Å². The number of aromatic nitrogens is 1. The van der Waals surface area contributed by atoms with Crippen molar-refractivity contribution in [2.75, 3.05) is 0 Å². The Kier molecular flexibility index (Phi) is 4.14. The van der Waals surface area contributed by atoms with Gasteiger partial charge in [-0.1, -0.05) is 11.6 Å². The van der Waals surface area contributed by atoms with Crippen LogP contribution < -0.4 is 5.32 Å². The van der Waals surface area contributed by atoms with E-state index in [-0.39, 0.29) is 5.91 Å². The van der Waals surface area contributed by atoms with Gasteiger partial charge in [-0.3, -0.25) is 4.79 Å². The molecule has 0 saturated heterocycles. The minimum absolute atomic E-state index is 0.0868. The first kappa shape index (κ1) is 13.2. The molecule has 3 nitrogen and oxygen atoms in total. The van der Waals surface area contributed by atoms with Crippen molar-refractivity contribution in [3.63, 3.8) is 0 Å². The third-order valence-electron chi connectivity index (χ3n) is 2.46. The van der Waals surface area contributed by atoms with Crippen LogP contribution in [0.2, 0.25) is 0 Å². The van der Waals surface area contributed by atoms with Crippen molar-refractivity contribution in [2.45, 2.75) is 20.4 Å². The molecule has 0 unspecified atom stereocenters. The molecule has 0 saturated carbocycles. The van der Waals surface area contributed by atoms with Crippen LogP contribution in [0, 0.1) is 13.8 Å². The molecular weight excluding hydrogens is 312 g/mol. The van der Waals surface area contributed by atoms with Crippen LogP contribution in [-0.4, -0.2) is 10.9 Å². The maximum Gasteiger partial charge on any atom is 0.252 e. The molecule has 18 heavy (non-hydrogen) atoms. The number of carbonyl (C=O) groups is 1. The van der Waals surface area contributed by atoms with E-state index in [4.69, 9.17) is 0 Å².